The molecule has 1 fully saturated rings. The molecular weight excluding hydrogens is 464 g/mol. The van der Waals surface area contributed by atoms with Gasteiger partial charge in [0.05, 0.1) is 37.8 Å². The summed E-state index contributed by atoms with van der Waals surface area (Å²) in [6.45, 7) is 5.05. The fourth-order valence-corrected chi connectivity index (χ4v) is 4.28. The molecule has 0 bridgehead atoms. The topological polar surface area (TPSA) is 108 Å². The number of aromatic nitrogens is 2. The average Bonchev–Trinajstić information content (AvgIpc) is 3.37. The van der Waals surface area contributed by atoms with Crippen molar-refractivity contribution < 1.29 is 28.2 Å². The first-order chi connectivity index (χ1) is 17.6. The molecule has 0 radical (unpaired) electrons. The standard InChI is InChI=1S/C26H28N4O6/c1-17(31)36-18(14-30-7-10-33-11-8-30)15-35-25-13-22-20(12-24(25)32-2)26(28-16-27-22)29-21-4-3-5-23-19(21)6-9-34-23/h3-6,9,12-13,16,18H,7-8,10-11,14-15H2,1-2H3,(H,27,28,29). The maximum atomic E-state index is 11.7. The number of fused-ring (bicyclic) bond motifs is 2. The Bertz CT molecular complexity index is 1350. The van der Waals surface area contributed by atoms with E-state index in [0.717, 1.165) is 35.1 Å². The van der Waals surface area contributed by atoms with Crippen molar-refractivity contribution in [1.29, 1.82) is 0 Å². The highest BCUT2D eigenvalue weighted by atomic mass is 16.6. The van der Waals surface area contributed by atoms with Gasteiger partial charge in [-0.05, 0) is 24.3 Å². The minimum atomic E-state index is -0.431. The molecule has 1 N–H and O–H groups in total. The highest BCUT2D eigenvalue weighted by Gasteiger charge is 2.21. The zero-order chi connectivity index (χ0) is 24.9. The van der Waals surface area contributed by atoms with Gasteiger partial charge in [-0.25, -0.2) is 9.97 Å². The van der Waals surface area contributed by atoms with Crippen molar-refractivity contribution in [1.82, 2.24) is 14.9 Å². The molecule has 2 aromatic carbocycles. The third-order valence-corrected chi connectivity index (χ3v) is 5.99. The summed E-state index contributed by atoms with van der Waals surface area (Å²) in [4.78, 5) is 22.8. The molecule has 10 nitrogen and oxygen atoms in total. The van der Waals surface area contributed by atoms with Crippen LogP contribution in [0.3, 0.4) is 0 Å². The van der Waals surface area contributed by atoms with Gasteiger partial charge in [0.15, 0.2) is 11.5 Å². The van der Waals surface area contributed by atoms with Crippen LogP contribution in [0.2, 0.25) is 0 Å². The van der Waals surface area contributed by atoms with Crippen molar-refractivity contribution in [2.24, 2.45) is 0 Å². The fraction of sp³-hybridized carbons (Fsp3) is 0.346. The van der Waals surface area contributed by atoms with Crippen LogP contribution in [-0.2, 0) is 14.3 Å². The van der Waals surface area contributed by atoms with Crippen molar-refractivity contribution in [3.8, 4) is 11.5 Å². The number of hydrogen-bond donors (Lipinski definition) is 1. The monoisotopic (exact) mass is 492 g/mol. The van der Waals surface area contributed by atoms with Crippen molar-refractivity contribution >= 4 is 39.3 Å². The van der Waals surface area contributed by atoms with Crippen molar-refractivity contribution in [2.75, 3.05) is 51.9 Å². The molecule has 188 valence electrons. The van der Waals surface area contributed by atoms with E-state index >= 15 is 0 Å². The Morgan fingerprint density at radius 3 is 2.81 bits per heavy atom. The lowest BCUT2D eigenvalue weighted by Gasteiger charge is -2.30. The summed E-state index contributed by atoms with van der Waals surface area (Å²) >= 11 is 0. The first-order valence-corrected chi connectivity index (χ1v) is 11.8. The minimum Gasteiger partial charge on any atom is -0.493 e. The van der Waals surface area contributed by atoms with Crippen LogP contribution < -0.4 is 14.8 Å². The Kier molecular flexibility index (Phi) is 7.15. The Labute approximate surface area is 208 Å². The molecule has 0 amide bonds. The number of carbonyl (C=O) groups excluding carboxylic acids is 1. The summed E-state index contributed by atoms with van der Waals surface area (Å²) < 4.78 is 28.1. The number of rotatable bonds is 9. The first kappa shape index (κ1) is 23.8. The van der Waals surface area contributed by atoms with Crippen LogP contribution in [0.5, 0.6) is 11.5 Å². The molecule has 4 aromatic rings. The number of nitrogens with zero attached hydrogens (tertiary/aromatic N) is 3. The molecule has 1 aliphatic heterocycles. The summed E-state index contributed by atoms with van der Waals surface area (Å²) in [5.41, 5.74) is 2.33. The quantitative estimate of drug-likeness (QED) is 0.347. The third kappa shape index (κ3) is 5.34. The van der Waals surface area contributed by atoms with E-state index in [-0.39, 0.29) is 12.6 Å². The second-order valence-corrected chi connectivity index (χ2v) is 8.46. The summed E-state index contributed by atoms with van der Waals surface area (Å²) in [5.74, 6) is 1.31. The zero-order valence-electron chi connectivity index (χ0n) is 20.2. The van der Waals surface area contributed by atoms with Crippen LogP contribution in [0.4, 0.5) is 11.5 Å². The number of ether oxygens (including phenoxy) is 4. The van der Waals surface area contributed by atoms with Crippen molar-refractivity contribution in [3.63, 3.8) is 0 Å². The lowest BCUT2D eigenvalue weighted by molar-refractivity contribution is -0.149. The van der Waals surface area contributed by atoms with Crippen LogP contribution in [-0.4, -0.2) is 73.5 Å². The molecule has 5 rings (SSSR count). The predicted molar refractivity (Wildman–Crippen MR) is 134 cm³/mol. The van der Waals surface area contributed by atoms with Gasteiger partial charge in [-0.1, -0.05) is 6.07 Å². The van der Waals surface area contributed by atoms with Gasteiger partial charge in [-0.2, -0.15) is 0 Å². The van der Waals surface area contributed by atoms with Crippen LogP contribution in [0.1, 0.15) is 6.92 Å². The van der Waals surface area contributed by atoms with Gasteiger partial charge in [0, 0.05) is 43.4 Å². The molecule has 0 aliphatic carbocycles. The van der Waals surface area contributed by atoms with E-state index < -0.39 is 6.10 Å². The van der Waals surface area contributed by atoms with Crippen LogP contribution in [0, 0.1) is 0 Å². The van der Waals surface area contributed by atoms with E-state index in [9.17, 15) is 4.79 Å². The smallest absolute Gasteiger partial charge is 0.303 e. The molecule has 1 unspecified atom stereocenters. The first-order valence-electron chi connectivity index (χ1n) is 11.8. The summed E-state index contributed by atoms with van der Waals surface area (Å²) in [5, 5.41) is 5.11. The molecule has 1 atom stereocenters. The molecule has 1 aliphatic rings. The van der Waals surface area contributed by atoms with Crippen molar-refractivity contribution in [2.45, 2.75) is 13.0 Å². The maximum absolute atomic E-state index is 11.7. The van der Waals surface area contributed by atoms with E-state index in [0.29, 0.717) is 42.6 Å². The number of methoxy groups -OCH3 is 1. The van der Waals surface area contributed by atoms with E-state index in [1.165, 1.54) is 13.3 Å². The van der Waals surface area contributed by atoms with Crippen LogP contribution in [0.15, 0.2) is 53.4 Å². The van der Waals surface area contributed by atoms with Gasteiger partial charge >= 0.3 is 5.97 Å². The Morgan fingerprint density at radius 1 is 1.14 bits per heavy atom. The molecule has 10 heteroatoms. The molecular formula is C26H28N4O6. The lowest BCUT2D eigenvalue weighted by Crippen LogP contribution is -2.43. The molecule has 0 spiro atoms. The summed E-state index contributed by atoms with van der Waals surface area (Å²) in [6.07, 6.45) is 2.72. The fourth-order valence-electron chi connectivity index (χ4n) is 4.28. The van der Waals surface area contributed by atoms with Crippen molar-refractivity contribution in [3.05, 3.63) is 49.0 Å². The SMILES string of the molecule is COc1cc2c(Nc3cccc4occc34)ncnc2cc1OCC(CN1CCOCC1)OC(C)=O. The lowest BCUT2D eigenvalue weighted by atomic mass is 10.2. The number of nitrogens with one attached hydrogen (secondary N) is 1. The van der Waals surface area contributed by atoms with Gasteiger partial charge < -0.3 is 28.7 Å². The van der Waals surface area contributed by atoms with E-state index in [4.69, 9.17) is 23.4 Å². The van der Waals surface area contributed by atoms with Gasteiger partial charge in [0.2, 0.25) is 0 Å². The third-order valence-electron chi connectivity index (χ3n) is 5.99. The highest BCUT2D eigenvalue weighted by molar-refractivity contribution is 5.97. The number of carbonyl (C=O) groups is 1. The number of anilines is 2. The molecule has 3 heterocycles. The Hall–Kier alpha value is -3.89. The largest absolute Gasteiger partial charge is 0.493 e. The summed E-state index contributed by atoms with van der Waals surface area (Å²) in [6, 6.07) is 11.3. The molecule has 0 saturated carbocycles. The second-order valence-electron chi connectivity index (χ2n) is 8.46. The van der Waals surface area contributed by atoms with Gasteiger partial charge in [0.25, 0.3) is 0 Å². The highest BCUT2D eigenvalue weighted by Crippen LogP contribution is 2.36. The van der Waals surface area contributed by atoms with Crippen LogP contribution >= 0.6 is 0 Å². The summed E-state index contributed by atoms with van der Waals surface area (Å²) in [7, 11) is 1.58. The van der Waals surface area contributed by atoms with Gasteiger partial charge in [-0.15, -0.1) is 0 Å². The Morgan fingerprint density at radius 2 is 2.00 bits per heavy atom. The minimum absolute atomic E-state index is 0.178. The van der Waals surface area contributed by atoms with E-state index in [1.54, 1.807) is 19.4 Å². The average molecular weight is 493 g/mol. The zero-order valence-corrected chi connectivity index (χ0v) is 20.2. The van der Waals surface area contributed by atoms with Gasteiger partial charge in [-0.3, -0.25) is 9.69 Å². The molecule has 36 heavy (non-hydrogen) atoms. The molecule has 1 saturated heterocycles. The number of esters is 1. The second kappa shape index (κ2) is 10.8. The Balaban J connectivity index is 1.38. The van der Waals surface area contributed by atoms with Crippen LogP contribution in [0.25, 0.3) is 21.9 Å². The van der Waals surface area contributed by atoms with E-state index in [2.05, 4.69) is 20.2 Å². The van der Waals surface area contributed by atoms with E-state index in [1.807, 2.05) is 30.3 Å². The number of hydrogen-bond acceptors (Lipinski definition) is 10. The maximum Gasteiger partial charge on any atom is 0.303 e. The molecule has 2 aromatic heterocycles. The number of benzene rings is 2. The van der Waals surface area contributed by atoms with Gasteiger partial charge in [0.1, 0.15) is 30.4 Å². The number of morpholine rings is 1. The predicted octanol–water partition coefficient (Wildman–Crippen LogP) is 3.77. The normalized spacial score (nSPS) is 15.1. The number of furan rings is 1.